The molecular formula is C25H35NaO5S. The minimum atomic E-state index is -4.34. The molecule has 2 aromatic carbocycles. The first-order valence-corrected chi connectivity index (χ1v) is 12.9. The van der Waals surface area contributed by atoms with E-state index in [4.69, 9.17) is 4.74 Å². The summed E-state index contributed by atoms with van der Waals surface area (Å²) in [7, 11) is -4.34. The maximum Gasteiger partial charge on any atom is 1.00 e. The standard InChI is InChI=1S/C25H36O5S.Na/c1-2-3-4-5-6-7-8-9-10-11-12-14-21-17-24(20-25(18-21)31(27,28)29)30-23-16-13-15-22(26)19-23;/h13,15-20,26H,2-12,14H2,1H3,(H,27,28,29);/q;+1/p-1. The summed E-state index contributed by atoms with van der Waals surface area (Å²) < 4.78 is 38.4. The summed E-state index contributed by atoms with van der Waals surface area (Å²) in [5, 5.41) is 11.5. The van der Waals surface area contributed by atoms with Gasteiger partial charge in [-0.25, -0.2) is 0 Å². The molecule has 0 aliphatic carbocycles. The molecule has 0 unspecified atom stereocenters. The minimum absolute atomic E-state index is 0. The van der Waals surface area contributed by atoms with Crippen LogP contribution in [0, 0.1) is 0 Å². The Bertz CT molecular complexity index is 899. The van der Waals surface area contributed by atoms with Crippen LogP contribution in [0.15, 0.2) is 47.4 Å². The number of hydrogen-bond acceptors (Lipinski definition) is 4. The third-order valence-electron chi connectivity index (χ3n) is 5.35. The number of hydrogen-bond donors (Lipinski definition) is 1. The van der Waals surface area contributed by atoms with E-state index in [1.807, 2.05) is 0 Å². The van der Waals surface area contributed by atoms with Gasteiger partial charge in [0, 0.05) is 6.07 Å². The number of ether oxygens (including phenoxy) is 1. The maximum absolute atomic E-state index is 11.7. The van der Waals surface area contributed by atoms with Gasteiger partial charge in [0.15, 0.2) is 0 Å². The molecule has 0 aliphatic heterocycles. The summed E-state index contributed by atoms with van der Waals surface area (Å²) in [6, 6.07) is 10.5. The topological polar surface area (TPSA) is 86.7 Å². The van der Waals surface area contributed by atoms with Gasteiger partial charge in [-0.15, -0.1) is 5.75 Å². The fraction of sp³-hybridized carbons (Fsp3) is 0.520. The molecule has 0 aromatic heterocycles. The van der Waals surface area contributed by atoms with Gasteiger partial charge in [0.1, 0.15) is 11.5 Å². The molecule has 0 aliphatic rings. The second-order valence-electron chi connectivity index (χ2n) is 8.15. The largest absolute Gasteiger partial charge is 1.00 e. The first-order chi connectivity index (χ1) is 14.9. The number of unbranched alkanes of at least 4 members (excludes halogenated alkanes) is 10. The molecule has 0 spiro atoms. The van der Waals surface area contributed by atoms with E-state index in [2.05, 4.69) is 6.92 Å². The molecule has 7 heteroatoms. The van der Waals surface area contributed by atoms with Gasteiger partial charge >= 0.3 is 29.6 Å². The van der Waals surface area contributed by atoms with Crippen molar-refractivity contribution in [2.24, 2.45) is 0 Å². The van der Waals surface area contributed by atoms with Crippen molar-refractivity contribution in [1.82, 2.24) is 0 Å². The normalized spacial score (nSPS) is 11.2. The molecule has 0 radical (unpaired) electrons. The molecule has 0 bridgehead atoms. The van der Waals surface area contributed by atoms with Crippen LogP contribution < -0.4 is 39.4 Å². The third kappa shape index (κ3) is 11.7. The molecule has 0 saturated carbocycles. The quantitative estimate of drug-likeness (QED) is 0.244. The van der Waals surface area contributed by atoms with Crippen LogP contribution in [-0.2, 0) is 16.5 Å². The van der Waals surface area contributed by atoms with Crippen LogP contribution in [0.1, 0.15) is 83.1 Å². The predicted molar refractivity (Wildman–Crippen MR) is 122 cm³/mol. The smallest absolute Gasteiger partial charge is 0.872 e. The zero-order valence-electron chi connectivity index (χ0n) is 19.5. The van der Waals surface area contributed by atoms with Crippen molar-refractivity contribution in [2.45, 2.75) is 88.9 Å². The van der Waals surface area contributed by atoms with Gasteiger partial charge in [-0.3, -0.25) is 4.55 Å². The Labute approximate surface area is 215 Å². The molecule has 2 rings (SSSR count). The summed E-state index contributed by atoms with van der Waals surface area (Å²) in [6.45, 7) is 2.24. The van der Waals surface area contributed by atoms with Crippen LogP contribution in [0.3, 0.4) is 0 Å². The summed E-state index contributed by atoms with van der Waals surface area (Å²) in [4.78, 5) is -0.193. The van der Waals surface area contributed by atoms with Crippen molar-refractivity contribution in [1.29, 1.82) is 0 Å². The first-order valence-electron chi connectivity index (χ1n) is 11.4. The second kappa shape index (κ2) is 15.7. The van der Waals surface area contributed by atoms with Crippen LogP contribution in [0.25, 0.3) is 0 Å². The van der Waals surface area contributed by atoms with Crippen molar-refractivity contribution in [2.75, 3.05) is 0 Å². The van der Waals surface area contributed by atoms with Gasteiger partial charge in [-0.05, 0) is 42.7 Å². The number of rotatable bonds is 15. The van der Waals surface area contributed by atoms with E-state index in [0.717, 1.165) is 18.4 Å². The van der Waals surface area contributed by atoms with Gasteiger partial charge in [0.25, 0.3) is 10.1 Å². The van der Waals surface area contributed by atoms with E-state index in [9.17, 15) is 18.1 Å². The molecule has 0 saturated heterocycles. The van der Waals surface area contributed by atoms with Crippen LogP contribution >= 0.6 is 0 Å². The van der Waals surface area contributed by atoms with Gasteiger partial charge in [-0.2, -0.15) is 8.42 Å². The molecular weight excluding hydrogens is 435 g/mol. The summed E-state index contributed by atoms with van der Waals surface area (Å²) >= 11 is 0. The zero-order chi connectivity index (χ0) is 22.5. The second-order valence-corrected chi connectivity index (χ2v) is 9.57. The summed E-state index contributed by atoms with van der Waals surface area (Å²) in [6.07, 6.45) is 14.4. The van der Waals surface area contributed by atoms with E-state index in [-0.39, 0.29) is 40.2 Å². The van der Waals surface area contributed by atoms with Crippen molar-refractivity contribution >= 4 is 10.1 Å². The molecule has 1 N–H and O–H groups in total. The molecule has 0 heterocycles. The monoisotopic (exact) mass is 470 g/mol. The van der Waals surface area contributed by atoms with E-state index < -0.39 is 10.1 Å². The van der Waals surface area contributed by atoms with Crippen LogP contribution in [0.2, 0.25) is 0 Å². The summed E-state index contributed by atoms with van der Waals surface area (Å²) in [5.74, 6) is 0.434. The molecule has 0 atom stereocenters. The van der Waals surface area contributed by atoms with E-state index in [0.29, 0.717) is 17.9 Å². The number of aryl methyl sites for hydroxylation is 1. The van der Waals surface area contributed by atoms with E-state index >= 15 is 0 Å². The van der Waals surface area contributed by atoms with Crippen LogP contribution in [0.4, 0.5) is 0 Å². The van der Waals surface area contributed by atoms with E-state index in [1.54, 1.807) is 18.2 Å². The van der Waals surface area contributed by atoms with Crippen LogP contribution in [0.5, 0.6) is 17.2 Å². The molecule has 32 heavy (non-hydrogen) atoms. The predicted octanol–water partition coefficient (Wildman–Crippen LogP) is 3.66. The van der Waals surface area contributed by atoms with Gasteiger partial charge < -0.3 is 9.84 Å². The van der Waals surface area contributed by atoms with Crippen molar-refractivity contribution < 1.29 is 52.4 Å². The fourth-order valence-electron chi connectivity index (χ4n) is 3.65. The zero-order valence-corrected chi connectivity index (χ0v) is 22.3. The van der Waals surface area contributed by atoms with Gasteiger partial charge in [0.05, 0.1) is 4.90 Å². The Morgan fingerprint density at radius 2 is 1.41 bits per heavy atom. The average Bonchev–Trinajstić information content (AvgIpc) is 2.71. The Hall–Kier alpha value is -1.05. The molecule has 5 nitrogen and oxygen atoms in total. The Kier molecular flexibility index (Phi) is 14.2. The van der Waals surface area contributed by atoms with Crippen molar-refractivity contribution in [3.8, 4) is 17.2 Å². The minimum Gasteiger partial charge on any atom is -0.872 e. The molecule has 0 amide bonds. The van der Waals surface area contributed by atoms with Crippen molar-refractivity contribution in [3.63, 3.8) is 0 Å². The molecule has 172 valence electrons. The number of benzene rings is 2. The average molecular weight is 471 g/mol. The van der Waals surface area contributed by atoms with E-state index in [1.165, 1.54) is 82.1 Å². The first kappa shape index (κ1) is 29.0. The SMILES string of the molecule is CCCCCCCCCCCCCc1cc(Oc2cccc([O-])c2)cc(S(=O)(=O)O)c1.[Na+]. The Morgan fingerprint density at radius 3 is 1.97 bits per heavy atom. The fourth-order valence-corrected chi connectivity index (χ4v) is 4.22. The summed E-state index contributed by atoms with van der Waals surface area (Å²) in [5.41, 5.74) is 0.791. The Balaban J connectivity index is 0.00000512. The van der Waals surface area contributed by atoms with Crippen molar-refractivity contribution in [3.05, 3.63) is 48.0 Å². The van der Waals surface area contributed by atoms with Gasteiger partial charge in [-0.1, -0.05) is 83.3 Å². The Morgan fingerprint density at radius 1 is 0.812 bits per heavy atom. The van der Waals surface area contributed by atoms with Gasteiger partial charge in [0.2, 0.25) is 0 Å². The van der Waals surface area contributed by atoms with Crippen LogP contribution in [-0.4, -0.2) is 13.0 Å². The maximum atomic E-state index is 11.7. The molecule has 0 fully saturated rings. The third-order valence-corrected chi connectivity index (χ3v) is 6.18. The molecule has 2 aromatic rings.